The van der Waals surface area contributed by atoms with Gasteiger partial charge in [0.25, 0.3) is 0 Å². The first-order chi connectivity index (χ1) is 15.3. The van der Waals surface area contributed by atoms with Gasteiger partial charge in [-0.25, -0.2) is 9.97 Å². The number of imidazole rings is 1. The van der Waals surface area contributed by atoms with E-state index >= 15 is 0 Å². The molecule has 0 atom stereocenters. The number of nitrogens with zero attached hydrogens (tertiary/aromatic N) is 4. The number of hydrogen-bond donors (Lipinski definition) is 1. The minimum atomic E-state index is -4.73. The molecule has 3 aromatic rings. The number of hydrogen-bond acceptors (Lipinski definition) is 5. The van der Waals surface area contributed by atoms with Gasteiger partial charge in [-0.3, -0.25) is 4.90 Å². The Morgan fingerprint density at radius 3 is 2.53 bits per heavy atom. The van der Waals surface area contributed by atoms with Crippen molar-refractivity contribution in [3.63, 3.8) is 0 Å². The van der Waals surface area contributed by atoms with Crippen molar-refractivity contribution in [2.24, 2.45) is 5.92 Å². The van der Waals surface area contributed by atoms with Crippen molar-refractivity contribution in [3.05, 3.63) is 48.8 Å². The molecule has 3 heterocycles. The second kappa shape index (κ2) is 9.20. The molecule has 1 aromatic carbocycles. The quantitative estimate of drug-likeness (QED) is 0.590. The molecule has 0 saturated carbocycles. The summed E-state index contributed by atoms with van der Waals surface area (Å²) in [5, 5.41) is 0. The number of aromatic amines is 1. The van der Waals surface area contributed by atoms with Crippen LogP contribution in [0.2, 0.25) is 0 Å². The number of nitrogens with one attached hydrogen (secondary N) is 1. The average molecular weight is 445 g/mol. The molecule has 1 aliphatic heterocycles. The number of benzene rings is 1. The fourth-order valence-corrected chi connectivity index (χ4v) is 3.89. The first-order valence-corrected chi connectivity index (χ1v) is 10.6. The number of ether oxygens (including phenoxy) is 1. The SMILES string of the molecule is CC(C)CN1CCN(c2cc(-c3ncc(-c4cccc(OC(F)(F)F)c4)[nH]3)ccn2)CC1. The molecule has 1 saturated heterocycles. The van der Waals surface area contributed by atoms with Crippen molar-refractivity contribution < 1.29 is 17.9 Å². The van der Waals surface area contributed by atoms with Gasteiger partial charge >= 0.3 is 6.36 Å². The average Bonchev–Trinajstić information content (AvgIpc) is 3.23. The highest BCUT2D eigenvalue weighted by molar-refractivity contribution is 5.67. The Morgan fingerprint density at radius 1 is 1.03 bits per heavy atom. The number of alkyl halides is 3. The largest absolute Gasteiger partial charge is 0.573 e. The second-order valence-electron chi connectivity index (χ2n) is 8.31. The highest BCUT2D eigenvalue weighted by atomic mass is 19.4. The molecule has 9 heteroatoms. The van der Waals surface area contributed by atoms with Crippen molar-refractivity contribution in [3.8, 4) is 28.4 Å². The van der Waals surface area contributed by atoms with Crippen LogP contribution in [0.4, 0.5) is 19.0 Å². The lowest BCUT2D eigenvalue weighted by Crippen LogP contribution is -2.47. The summed E-state index contributed by atoms with van der Waals surface area (Å²) < 4.78 is 41.6. The fourth-order valence-electron chi connectivity index (χ4n) is 3.89. The van der Waals surface area contributed by atoms with E-state index < -0.39 is 6.36 Å². The van der Waals surface area contributed by atoms with Gasteiger partial charge in [-0.2, -0.15) is 0 Å². The van der Waals surface area contributed by atoms with Crippen molar-refractivity contribution in [1.82, 2.24) is 19.9 Å². The van der Waals surface area contributed by atoms with Gasteiger partial charge in [0.15, 0.2) is 0 Å². The van der Waals surface area contributed by atoms with Crippen LogP contribution in [0.15, 0.2) is 48.8 Å². The van der Waals surface area contributed by atoms with Gasteiger partial charge in [0, 0.05) is 50.0 Å². The predicted molar refractivity (Wildman–Crippen MR) is 117 cm³/mol. The van der Waals surface area contributed by atoms with Gasteiger partial charge in [0.05, 0.1) is 11.9 Å². The van der Waals surface area contributed by atoms with Crippen LogP contribution in [-0.2, 0) is 0 Å². The van der Waals surface area contributed by atoms with E-state index in [2.05, 4.69) is 43.3 Å². The minimum absolute atomic E-state index is 0.269. The van der Waals surface area contributed by atoms with Gasteiger partial charge in [-0.15, -0.1) is 13.2 Å². The summed E-state index contributed by atoms with van der Waals surface area (Å²) >= 11 is 0. The van der Waals surface area contributed by atoms with Crippen molar-refractivity contribution >= 4 is 5.82 Å². The van der Waals surface area contributed by atoms with Gasteiger partial charge in [-0.05, 0) is 30.2 Å². The monoisotopic (exact) mass is 445 g/mol. The van der Waals surface area contributed by atoms with Crippen LogP contribution in [0.3, 0.4) is 0 Å². The lowest BCUT2D eigenvalue weighted by atomic mass is 10.1. The molecule has 0 bridgehead atoms. The topological polar surface area (TPSA) is 57.3 Å². The summed E-state index contributed by atoms with van der Waals surface area (Å²) in [6, 6.07) is 9.67. The van der Waals surface area contributed by atoms with Crippen LogP contribution in [0.5, 0.6) is 5.75 Å². The van der Waals surface area contributed by atoms with E-state index in [1.54, 1.807) is 18.5 Å². The van der Waals surface area contributed by atoms with Crippen LogP contribution in [0, 0.1) is 5.92 Å². The summed E-state index contributed by atoms with van der Waals surface area (Å²) in [6.07, 6.45) is -1.37. The molecule has 1 aliphatic rings. The third-order valence-electron chi connectivity index (χ3n) is 5.29. The summed E-state index contributed by atoms with van der Waals surface area (Å²) in [6.45, 7) is 9.41. The molecule has 0 amide bonds. The zero-order valence-electron chi connectivity index (χ0n) is 18.1. The number of piperazine rings is 1. The van der Waals surface area contributed by atoms with Crippen molar-refractivity contribution in [2.45, 2.75) is 20.2 Å². The lowest BCUT2D eigenvalue weighted by molar-refractivity contribution is -0.274. The molecule has 4 rings (SSSR count). The Labute approximate surface area is 185 Å². The smallest absolute Gasteiger partial charge is 0.406 e. The molecule has 0 unspecified atom stereocenters. The minimum Gasteiger partial charge on any atom is -0.406 e. The van der Waals surface area contributed by atoms with Crippen molar-refractivity contribution in [1.29, 1.82) is 0 Å². The molecule has 1 fully saturated rings. The lowest BCUT2D eigenvalue weighted by Gasteiger charge is -2.36. The van der Waals surface area contributed by atoms with E-state index in [9.17, 15) is 13.2 Å². The van der Waals surface area contributed by atoms with Gasteiger partial charge in [0.1, 0.15) is 17.4 Å². The number of H-pyrrole nitrogens is 1. The van der Waals surface area contributed by atoms with Gasteiger partial charge in [-0.1, -0.05) is 26.0 Å². The molecule has 32 heavy (non-hydrogen) atoms. The third-order valence-corrected chi connectivity index (χ3v) is 5.29. The third kappa shape index (κ3) is 5.59. The Kier molecular flexibility index (Phi) is 6.36. The van der Waals surface area contributed by atoms with Crippen LogP contribution in [0.25, 0.3) is 22.6 Å². The second-order valence-corrected chi connectivity index (χ2v) is 8.31. The molecular weight excluding hydrogens is 419 g/mol. The zero-order chi connectivity index (χ0) is 22.7. The van der Waals surface area contributed by atoms with Crippen LogP contribution < -0.4 is 9.64 Å². The number of anilines is 1. The number of halogens is 3. The standard InChI is InChI=1S/C23H26F3N5O/c1-16(2)15-30-8-10-31(11-9-30)21-13-18(6-7-27-21)22-28-14-20(29-22)17-4-3-5-19(12-17)32-23(24,25)26/h3-7,12-14,16H,8-11,15H2,1-2H3,(H,28,29). The first kappa shape index (κ1) is 22.1. The van der Waals surface area contributed by atoms with Crippen LogP contribution in [0.1, 0.15) is 13.8 Å². The van der Waals surface area contributed by atoms with E-state index in [-0.39, 0.29) is 5.75 Å². The summed E-state index contributed by atoms with van der Waals surface area (Å²) in [7, 11) is 0. The molecule has 1 N–H and O–H groups in total. The first-order valence-electron chi connectivity index (χ1n) is 10.6. The molecular formula is C23H26F3N5O. The normalized spacial score (nSPS) is 15.4. The molecule has 0 radical (unpaired) electrons. The van der Waals surface area contributed by atoms with E-state index in [0.717, 1.165) is 44.1 Å². The molecule has 170 valence electrons. The molecule has 2 aromatic heterocycles. The fraction of sp³-hybridized carbons (Fsp3) is 0.391. The number of pyridine rings is 1. The Morgan fingerprint density at radius 2 is 1.81 bits per heavy atom. The maximum absolute atomic E-state index is 12.5. The molecule has 0 spiro atoms. The Bertz CT molecular complexity index is 1040. The van der Waals surface area contributed by atoms with Crippen LogP contribution >= 0.6 is 0 Å². The zero-order valence-corrected chi connectivity index (χ0v) is 18.1. The van der Waals surface area contributed by atoms with Gasteiger partial charge in [0.2, 0.25) is 0 Å². The maximum atomic E-state index is 12.5. The Hall–Kier alpha value is -3.07. The number of aromatic nitrogens is 3. The van der Waals surface area contributed by atoms with Crippen LogP contribution in [-0.4, -0.2) is 58.9 Å². The number of rotatable bonds is 6. The Balaban J connectivity index is 1.48. The highest BCUT2D eigenvalue weighted by Gasteiger charge is 2.31. The van der Waals surface area contributed by atoms with E-state index in [1.165, 1.54) is 18.2 Å². The highest BCUT2D eigenvalue weighted by Crippen LogP contribution is 2.29. The molecule has 6 nitrogen and oxygen atoms in total. The summed E-state index contributed by atoms with van der Waals surface area (Å²) in [5.41, 5.74) is 2.03. The summed E-state index contributed by atoms with van der Waals surface area (Å²) in [5.74, 6) is 1.90. The molecule has 0 aliphatic carbocycles. The maximum Gasteiger partial charge on any atom is 0.573 e. The predicted octanol–water partition coefficient (Wildman–Crippen LogP) is 4.82. The van der Waals surface area contributed by atoms with E-state index in [0.29, 0.717) is 23.0 Å². The summed E-state index contributed by atoms with van der Waals surface area (Å²) in [4.78, 5) is 16.9. The van der Waals surface area contributed by atoms with Gasteiger partial charge < -0.3 is 14.6 Å². The van der Waals surface area contributed by atoms with E-state index in [4.69, 9.17) is 0 Å². The van der Waals surface area contributed by atoms with E-state index in [1.807, 2.05) is 12.1 Å². The van der Waals surface area contributed by atoms with Crippen molar-refractivity contribution in [2.75, 3.05) is 37.6 Å².